The molecule has 2 N–H and O–H groups in total. The molecule has 0 radical (unpaired) electrons. The molecule has 0 aliphatic carbocycles. The highest BCUT2D eigenvalue weighted by Crippen LogP contribution is 2.65. The first-order valence-electron chi connectivity index (χ1n) is 18.6. The Hall–Kier alpha value is -6.11. The Morgan fingerprint density at radius 3 is 2.18 bits per heavy atom. The summed E-state index contributed by atoms with van der Waals surface area (Å²) in [5.74, 6) is -1.44. The molecule has 6 atom stereocenters. The number of aromatic nitrogens is 2. The lowest BCUT2D eigenvalue weighted by Crippen LogP contribution is -2.58. The molecule has 4 aliphatic rings. The lowest BCUT2D eigenvalue weighted by molar-refractivity contribution is -0.179. The second-order valence-corrected chi connectivity index (χ2v) is 14.2. The van der Waals surface area contributed by atoms with Crippen molar-refractivity contribution in [1.82, 2.24) is 19.8 Å². The molecular weight excluding hydrogens is 697 g/mol. The number of carbonyl (C=O) groups is 3. The van der Waals surface area contributed by atoms with Crippen LogP contribution < -0.4 is 15.0 Å². The number of nitrogens with zero attached hydrogens (tertiary/aromatic N) is 5. The number of aliphatic hydroxyl groups is 1. The van der Waals surface area contributed by atoms with Crippen LogP contribution in [0.25, 0.3) is 0 Å². The first-order valence-corrected chi connectivity index (χ1v) is 18.6. The highest BCUT2D eigenvalue weighted by molar-refractivity contribution is 6.12. The van der Waals surface area contributed by atoms with Crippen molar-refractivity contribution in [3.8, 4) is 5.75 Å². The first kappa shape index (κ1) is 34.6. The number of esters is 1. The molecule has 5 aromatic rings. The number of rotatable bonds is 8. The van der Waals surface area contributed by atoms with Crippen molar-refractivity contribution in [2.75, 3.05) is 49.6 Å². The van der Waals surface area contributed by atoms with Gasteiger partial charge in [-0.1, -0.05) is 97.1 Å². The number of piperazine rings is 1. The molecule has 3 fully saturated rings. The number of hydrogen-bond donors (Lipinski definition) is 2. The largest absolute Gasteiger partial charge is 0.491 e. The molecule has 1 spiro atoms. The Bertz CT molecular complexity index is 2200. The van der Waals surface area contributed by atoms with Crippen molar-refractivity contribution < 1.29 is 29.0 Å². The lowest BCUT2D eigenvalue weighted by atomic mass is 9.65. The zero-order chi connectivity index (χ0) is 37.5. The number of benzene rings is 4. The van der Waals surface area contributed by atoms with E-state index in [1.807, 2.05) is 108 Å². The highest BCUT2D eigenvalue weighted by atomic mass is 16.6. The van der Waals surface area contributed by atoms with Gasteiger partial charge in [-0.25, -0.2) is 9.97 Å². The summed E-state index contributed by atoms with van der Waals surface area (Å²) in [4.78, 5) is 60.6. The molecule has 4 aliphatic heterocycles. The Morgan fingerprint density at radius 2 is 1.45 bits per heavy atom. The van der Waals surface area contributed by atoms with Crippen LogP contribution in [0, 0.1) is 5.92 Å². The molecule has 12 nitrogen and oxygen atoms in total. The maximum atomic E-state index is 15.6. The topological polar surface area (TPSA) is 137 Å². The van der Waals surface area contributed by atoms with Gasteiger partial charge in [0.2, 0.25) is 17.8 Å². The summed E-state index contributed by atoms with van der Waals surface area (Å²) in [6.07, 6.45) is 2.60. The third kappa shape index (κ3) is 5.63. The van der Waals surface area contributed by atoms with E-state index >= 15 is 14.4 Å². The molecular formula is C43H40N6O6. The van der Waals surface area contributed by atoms with Crippen molar-refractivity contribution in [2.24, 2.45) is 5.92 Å². The summed E-state index contributed by atoms with van der Waals surface area (Å²) in [5.41, 5.74) is 1.87. The predicted molar refractivity (Wildman–Crippen MR) is 203 cm³/mol. The highest BCUT2D eigenvalue weighted by Gasteiger charge is 2.74. The predicted octanol–water partition coefficient (Wildman–Crippen LogP) is 4.47. The Balaban J connectivity index is 1.27. The van der Waals surface area contributed by atoms with Gasteiger partial charge in [-0.3, -0.25) is 19.3 Å². The number of aliphatic hydroxyl groups excluding tert-OH is 1. The van der Waals surface area contributed by atoms with Gasteiger partial charge in [-0.15, -0.1) is 0 Å². The van der Waals surface area contributed by atoms with Gasteiger partial charge in [-0.2, -0.15) is 0 Å². The normalized spacial score (nSPS) is 25.9. The van der Waals surface area contributed by atoms with Crippen molar-refractivity contribution in [1.29, 1.82) is 0 Å². The number of cyclic esters (lactones) is 1. The summed E-state index contributed by atoms with van der Waals surface area (Å²) >= 11 is 0. The number of nitrogens with one attached hydrogen (secondary N) is 1. The number of ether oxygens (including phenoxy) is 2. The third-order valence-corrected chi connectivity index (χ3v) is 11.5. The van der Waals surface area contributed by atoms with E-state index in [4.69, 9.17) is 9.47 Å². The van der Waals surface area contributed by atoms with Gasteiger partial charge >= 0.3 is 5.97 Å². The van der Waals surface area contributed by atoms with Crippen LogP contribution in [-0.4, -0.2) is 88.1 Å². The summed E-state index contributed by atoms with van der Waals surface area (Å²) in [6.45, 7) is 1.41. The summed E-state index contributed by atoms with van der Waals surface area (Å²) in [7, 11) is 0. The monoisotopic (exact) mass is 736 g/mol. The molecule has 0 unspecified atom stereocenters. The number of anilines is 2. The SMILES string of the molecule is O=C1O[C@@H](c2ccccc2)[C@@H](c2ccccc2)N2[C@@H](c3ccccc3OCCO)[C@]3(C(=O)Nc4ccccc43)[C@@H](C(=O)N3CCN(c4ncccn4)CC3)[C@H]12. The number of para-hydroxylation sites is 2. The molecule has 9 rings (SSSR count). The maximum Gasteiger partial charge on any atom is 0.324 e. The van der Waals surface area contributed by atoms with Crippen LogP contribution in [-0.2, 0) is 24.5 Å². The lowest BCUT2D eigenvalue weighted by Gasteiger charge is -2.46. The molecule has 55 heavy (non-hydrogen) atoms. The molecule has 0 saturated carbocycles. The number of carbonyl (C=O) groups excluding carboxylic acids is 3. The Labute approximate surface area is 318 Å². The quantitative estimate of drug-likeness (QED) is 0.220. The fourth-order valence-electron chi connectivity index (χ4n) is 9.27. The van der Waals surface area contributed by atoms with Gasteiger partial charge in [0.1, 0.15) is 29.9 Å². The fraction of sp³-hybridized carbons (Fsp3) is 0.279. The molecule has 1 aromatic heterocycles. The molecule has 5 heterocycles. The zero-order valence-electron chi connectivity index (χ0n) is 30.0. The van der Waals surface area contributed by atoms with E-state index in [0.717, 1.165) is 11.1 Å². The Kier molecular flexibility index (Phi) is 8.99. The van der Waals surface area contributed by atoms with Gasteiger partial charge in [0.05, 0.1) is 24.6 Å². The van der Waals surface area contributed by atoms with Gasteiger partial charge in [-0.05, 0) is 34.9 Å². The maximum absolute atomic E-state index is 15.6. The molecule has 0 bridgehead atoms. The minimum absolute atomic E-state index is 0.0114. The molecule has 12 heteroatoms. The zero-order valence-corrected chi connectivity index (χ0v) is 30.0. The van der Waals surface area contributed by atoms with E-state index in [9.17, 15) is 5.11 Å². The number of hydrogen-bond acceptors (Lipinski definition) is 10. The third-order valence-electron chi connectivity index (χ3n) is 11.5. The number of morpholine rings is 1. The van der Waals surface area contributed by atoms with Crippen LogP contribution >= 0.6 is 0 Å². The van der Waals surface area contributed by atoms with Crippen molar-refractivity contribution in [3.05, 3.63) is 150 Å². The van der Waals surface area contributed by atoms with E-state index in [1.54, 1.807) is 29.4 Å². The number of fused-ring (bicyclic) bond motifs is 3. The van der Waals surface area contributed by atoms with Crippen LogP contribution in [0.5, 0.6) is 5.75 Å². The minimum atomic E-state index is -1.60. The van der Waals surface area contributed by atoms with Crippen LogP contribution in [0.1, 0.15) is 40.4 Å². The van der Waals surface area contributed by atoms with Gasteiger partial charge in [0.15, 0.2) is 0 Å². The average Bonchev–Trinajstić information content (AvgIpc) is 3.72. The summed E-state index contributed by atoms with van der Waals surface area (Å²) in [5, 5.41) is 13.0. The second kappa shape index (κ2) is 14.3. The van der Waals surface area contributed by atoms with Crippen molar-refractivity contribution in [2.45, 2.75) is 29.6 Å². The summed E-state index contributed by atoms with van der Waals surface area (Å²) < 4.78 is 12.7. The average molecular weight is 737 g/mol. The van der Waals surface area contributed by atoms with E-state index in [1.165, 1.54) is 0 Å². The van der Waals surface area contributed by atoms with Crippen molar-refractivity contribution in [3.63, 3.8) is 0 Å². The van der Waals surface area contributed by atoms with Crippen molar-refractivity contribution >= 4 is 29.4 Å². The molecule has 278 valence electrons. The standard InChI is InChI=1S/C43H40N6O6/c50-26-27-54-33-19-10-7-16-30(33)38-43(31-17-8-9-18-32(31)46-41(43)53)34(39(51)47-22-24-48(25-23-47)42-44-20-11-21-45-42)36-40(52)55-37(29-14-5-2-6-15-29)35(49(36)38)28-12-3-1-4-13-28/h1-21,34-38,50H,22-27H2,(H,46,53)/t34-,35-,36-,37+,38+,43-/m1/s1. The van der Waals surface area contributed by atoms with E-state index in [2.05, 4.69) is 20.2 Å². The van der Waals surface area contributed by atoms with E-state index in [-0.39, 0.29) is 25.0 Å². The van der Waals surface area contributed by atoms with Crippen LogP contribution in [0.2, 0.25) is 0 Å². The Morgan fingerprint density at radius 1 is 0.800 bits per heavy atom. The van der Waals surface area contributed by atoms with E-state index < -0.39 is 41.5 Å². The fourth-order valence-corrected chi connectivity index (χ4v) is 9.27. The minimum Gasteiger partial charge on any atom is -0.491 e. The number of amides is 2. The van der Waals surface area contributed by atoms with Crippen LogP contribution in [0.15, 0.2) is 128 Å². The molecule has 3 saturated heterocycles. The van der Waals surface area contributed by atoms with Crippen LogP contribution in [0.4, 0.5) is 11.6 Å². The van der Waals surface area contributed by atoms with E-state index in [0.29, 0.717) is 54.7 Å². The van der Waals surface area contributed by atoms with Gasteiger partial charge < -0.3 is 29.7 Å². The van der Waals surface area contributed by atoms with Gasteiger partial charge in [0.25, 0.3) is 0 Å². The van der Waals surface area contributed by atoms with Gasteiger partial charge in [0, 0.05) is 49.8 Å². The molecule has 2 amide bonds. The van der Waals surface area contributed by atoms with Crippen LogP contribution in [0.3, 0.4) is 0 Å². The molecule has 4 aromatic carbocycles. The second-order valence-electron chi connectivity index (χ2n) is 14.2. The smallest absolute Gasteiger partial charge is 0.324 e. The summed E-state index contributed by atoms with van der Waals surface area (Å²) in [6, 6.07) is 33.3. The first-order chi connectivity index (χ1) is 27.0.